The minimum Gasteiger partial charge on any atom is -0.370 e. The molecule has 66 valence electrons. The van der Waals surface area contributed by atoms with E-state index in [-0.39, 0.29) is 12.0 Å². The summed E-state index contributed by atoms with van der Waals surface area (Å²) in [6.07, 6.45) is 0. The highest BCUT2D eigenvalue weighted by atomic mass is 32.2. The summed E-state index contributed by atoms with van der Waals surface area (Å²) >= 11 is 1.86. The van der Waals surface area contributed by atoms with E-state index in [1.54, 1.807) is 0 Å². The number of nitrogens with two attached hydrogens (primary N) is 2. The summed E-state index contributed by atoms with van der Waals surface area (Å²) in [6.45, 7) is 6.28. The second-order valence-corrected chi connectivity index (χ2v) is 4.11. The first-order valence-corrected chi connectivity index (χ1v) is 4.83. The second kappa shape index (κ2) is 5.29. The van der Waals surface area contributed by atoms with Gasteiger partial charge in [-0.3, -0.25) is 0 Å². The third kappa shape index (κ3) is 4.95. The Morgan fingerprint density at radius 1 is 1.45 bits per heavy atom. The van der Waals surface area contributed by atoms with Crippen LogP contribution in [0.5, 0.6) is 0 Å². The monoisotopic (exact) mass is 175 g/mol. The summed E-state index contributed by atoms with van der Waals surface area (Å²) in [7, 11) is 0. The molecule has 0 aromatic carbocycles. The molecule has 2 unspecified atom stereocenters. The van der Waals surface area contributed by atoms with Crippen molar-refractivity contribution in [2.24, 2.45) is 16.5 Å². The molecule has 0 spiro atoms. The highest BCUT2D eigenvalue weighted by molar-refractivity contribution is 7.99. The van der Waals surface area contributed by atoms with Crippen molar-refractivity contribution in [3.8, 4) is 0 Å². The van der Waals surface area contributed by atoms with E-state index in [0.717, 1.165) is 5.75 Å². The van der Waals surface area contributed by atoms with Gasteiger partial charge in [0.15, 0.2) is 5.96 Å². The highest BCUT2D eigenvalue weighted by Crippen LogP contribution is 2.15. The highest BCUT2D eigenvalue weighted by Gasteiger charge is 2.09. The van der Waals surface area contributed by atoms with Gasteiger partial charge in [0, 0.05) is 5.25 Å². The predicted octanol–water partition coefficient (Wildman–Crippen LogP) is 0.790. The van der Waals surface area contributed by atoms with Crippen LogP contribution in [0.2, 0.25) is 0 Å². The molecule has 0 aliphatic rings. The zero-order chi connectivity index (χ0) is 8.85. The lowest BCUT2D eigenvalue weighted by Crippen LogP contribution is -2.27. The Morgan fingerprint density at radius 2 is 2.00 bits per heavy atom. The number of guanidine groups is 1. The lowest BCUT2D eigenvalue weighted by molar-refractivity contribution is 0.731. The Hall–Kier alpha value is -0.380. The molecule has 11 heavy (non-hydrogen) atoms. The molecule has 0 saturated heterocycles. The van der Waals surface area contributed by atoms with Crippen molar-refractivity contribution >= 4 is 17.7 Å². The predicted molar refractivity (Wildman–Crippen MR) is 52.9 cm³/mol. The fraction of sp³-hybridized carbons (Fsp3) is 0.857. The van der Waals surface area contributed by atoms with Crippen molar-refractivity contribution in [2.75, 3.05) is 5.75 Å². The second-order valence-electron chi connectivity index (χ2n) is 2.46. The first kappa shape index (κ1) is 10.6. The Morgan fingerprint density at radius 3 is 2.36 bits per heavy atom. The standard InChI is InChI=1S/C7H17N3S/c1-4-11-6(3)5(2)10-7(8)9/h5-6H,4H2,1-3H3,(H4,8,9,10). The molecule has 0 aromatic rings. The lowest BCUT2D eigenvalue weighted by atomic mass is 10.3. The maximum Gasteiger partial charge on any atom is 0.186 e. The molecule has 0 aromatic heterocycles. The SMILES string of the molecule is CCSC(C)C(C)N=C(N)N. The maximum atomic E-state index is 5.25. The third-order valence-electron chi connectivity index (χ3n) is 1.46. The smallest absolute Gasteiger partial charge is 0.186 e. The normalized spacial score (nSPS) is 15.5. The summed E-state index contributed by atoms with van der Waals surface area (Å²) < 4.78 is 0. The average Bonchev–Trinajstić information content (AvgIpc) is 1.86. The number of hydrogen-bond acceptors (Lipinski definition) is 2. The van der Waals surface area contributed by atoms with Crippen LogP contribution in [-0.4, -0.2) is 23.0 Å². The van der Waals surface area contributed by atoms with E-state index in [2.05, 4.69) is 18.8 Å². The van der Waals surface area contributed by atoms with Gasteiger partial charge in [-0.15, -0.1) is 0 Å². The molecule has 0 radical (unpaired) electrons. The van der Waals surface area contributed by atoms with Crippen molar-refractivity contribution in [1.29, 1.82) is 0 Å². The van der Waals surface area contributed by atoms with E-state index in [4.69, 9.17) is 11.5 Å². The lowest BCUT2D eigenvalue weighted by Gasteiger charge is -2.14. The average molecular weight is 175 g/mol. The summed E-state index contributed by atoms with van der Waals surface area (Å²) in [4.78, 5) is 4.05. The Bertz CT molecular complexity index is 132. The van der Waals surface area contributed by atoms with Crippen molar-refractivity contribution in [1.82, 2.24) is 0 Å². The van der Waals surface area contributed by atoms with Crippen LogP contribution in [0.1, 0.15) is 20.8 Å². The van der Waals surface area contributed by atoms with Crippen LogP contribution in [-0.2, 0) is 0 Å². The van der Waals surface area contributed by atoms with Crippen LogP contribution in [0.25, 0.3) is 0 Å². The molecular formula is C7H17N3S. The summed E-state index contributed by atoms with van der Waals surface area (Å²) in [6, 6.07) is 0.213. The molecule has 0 saturated carbocycles. The van der Waals surface area contributed by atoms with Crippen molar-refractivity contribution in [3.05, 3.63) is 0 Å². The maximum absolute atomic E-state index is 5.25. The number of aliphatic imine (C=N–C) groups is 1. The number of thioether (sulfide) groups is 1. The zero-order valence-electron chi connectivity index (χ0n) is 7.37. The molecule has 4 heteroatoms. The van der Waals surface area contributed by atoms with Crippen LogP contribution in [0.3, 0.4) is 0 Å². The summed E-state index contributed by atoms with van der Waals surface area (Å²) in [5.41, 5.74) is 10.5. The first-order valence-electron chi connectivity index (χ1n) is 3.78. The van der Waals surface area contributed by atoms with Gasteiger partial charge in [-0.1, -0.05) is 13.8 Å². The molecule has 0 aliphatic heterocycles. The fourth-order valence-corrected chi connectivity index (χ4v) is 1.61. The first-order chi connectivity index (χ1) is 5.07. The van der Waals surface area contributed by atoms with E-state index in [9.17, 15) is 0 Å². The van der Waals surface area contributed by atoms with E-state index in [1.165, 1.54) is 0 Å². The molecule has 2 atom stereocenters. The number of rotatable bonds is 4. The molecule has 0 heterocycles. The molecule has 4 N–H and O–H groups in total. The molecule has 0 rings (SSSR count). The van der Waals surface area contributed by atoms with Crippen LogP contribution in [0.15, 0.2) is 4.99 Å². The van der Waals surface area contributed by atoms with Gasteiger partial charge < -0.3 is 11.5 Å². The largest absolute Gasteiger partial charge is 0.370 e. The molecule has 3 nitrogen and oxygen atoms in total. The van der Waals surface area contributed by atoms with E-state index in [1.807, 2.05) is 18.7 Å². The van der Waals surface area contributed by atoms with Gasteiger partial charge in [-0.2, -0.15) is 11.8 Å². The Labute approximate surface area is 72.6 Å². The molecule has 0 amide bonds. The van der Waals surface area contributed by atoms with Gasteiger partial charge in [-0.25, -0.2) is 4.99 Å². The van der Waals surface area contributed by atoms with Gasteiger partial charge in [0.05, 0.1) is 6.04 Å². The van der Waals surface area contributed by atoms with Gasteiger partial charge in [-0.05, 0) is 12.7 Å². The van der Waals surface area contributed by atoms with E-state index < -0.39 is 0 Å². The van der Waals surface area contributed by atoms with Gasteiger partial charge in [0.2, 0.25) is 0 Å². The Kier molecular flexibility index (Phi) is 5.11. The van der Waals surface area contributed by atoms with Crippen molar-refractivity contribution in [2.45, 2.75) is 32.1 Å². The quantitative estimate of drug-likeness (QED) is 0.490. The fourth-order valence-electron chi connectivity index (χ4n) is 0.742. The molecule has 0 aliphatic carbocycles. The molecule has 0 bridgehead atoms. The van der Waals surface area contributed by atoms with Crippen LogP contribution < -0.4 is 11.5 Å². The Balaban J connectivity index is 3.82. The minimum absolute atomic E-state index is 0.182. The third-order valence-corrected chi connectivity index (χ3v) is 2.71. The molecular weight excluding hydrogens is 158 g/mol. The van der Waals surface area contributed by atoms with Crippen LogP contribution in [0.4, 0.5) is 0 Å². The number of nitrogens with zero attached hydrogens (tertiary/aromatic N) is 1. The number of hydrogen-bond donors (Lipinski definition) is 2. The van der Waals surface area contributed by atoms with Crippen molar-refractivity contribution < 1.29 is 0 Å². The summed E-state index contributed by atoms with van der Waals surface area (Å²) in [5, 5.41) is 0.488. The van der Waals surface area contributed by atoms with Gasteiger partial charge >= 0.3 is 0 Å². The van der Waals surface area contributed by atoms with Crippen LogP contribution >= 0.6 is 11.8 Å². The topological polar surface area (TPSA) is 64.4 Å². The summed E-state index contributed by atoms with van der Waals surface area (Å²) in [5.74, 6) is 1.28. The van der Waals surface area contributed by atoms with E-state index >= 15 is 0 Å². The van der Waals surface area contributed by atoms with Crippen molar-refractivity contribution in [3.63, 3.8) is 0 Å². The van der Waals surface area contributed by atoms with Crippen LogP contribution in [0, 0.1) is 0 Å². The van der Waals surface area contributed by atoms with Gasteiger partial charge in [0.1, 0.15) is 0 Å². The van der Waals surface area contributed by atoms with Gasteiger partial charge in [0.25, 0.3) is 0 Å². The van der Waals surface area contributed by atoms with E-state index in [0.29, 0.717) is 5.25 Å². The minimum atomic E-state index is 0.182. The molecule has 0 fully saturated rings. The zero-order valence-corrected chi connectivity index (χ0v) is 8.19.